The van der Waals surface area contributed by atoms with Gasteiger partial charge in [-0.1, -0.05) is 72.8 Å². The normalized spacial score (nSPS) is 15.7. The Morgan fingerprint density at radius 3 is 2.18 bits per heavy atom. The summed E-state index contributed by atoms with van der Waals surface area (Å²) in [6.07, 6.45) is 1.99. The summed E-state index contributed by atoms with van der Waals surface area (Å²) in [6.45, 7) is -0.383. The second-order valence-corrected chi connectivity index (χ2v) is 8.14. The number of rotatable bonds is 8. The average Bonchev–Trinajstić information content (AvgIpc) is 2.84. The highest BCUT2D eigenvalue weighted by atomic mass is 16.5. The minimum Gasteiger partial charge on any atom is -0.482 e. The van der Waals surface area contributed by atoms with Crippen LogP contribution in [0.15, 0.2) is 83.9 Å². The summed E-state index contributed by atoms with van der Waals surface area (Å²) in [5.74, 6) is -0.946. The van der Waals surface area contributed by atoms with Gasteiger partial charge < -0.3 is 15.6 Å². The van der Waals surface area contributed by atoms with E-state index < -0.39 is 17.9 Å². The molecule has 0 aliphatic heterocycles. The molecule has 2 unspecified atom stereocenters. The number of amides is 1. The van der Waals surface area contributed by atoms with Crippen LogP contribution < -0.4 is 10.5 Å². The highest BCUT2D eigenvalue weighted by Crippen LogP contribution is 2.34. The van der Waals surface area contributed by atoms with E-state index in [1.165, 1.54) is 0 Å². The first-order valence-electron chi connectivity index (χ1n) is 11.0. The summed E-state index contributed by atoms with van der Waals surface area (Å²) in [4.78, 5) is 28.4. The van der Waals surface area contributed by atoms with Crippen molar-refractivity contribution in [2.24, 2.45) is 16.6 Å². The molecule has 0 spiro atoms. The molecule has 4 rings (SSSR count). The number of ether oxygens (including phenoxy) is 1. The van der Waals surface area contributed by atoms with E-state index in [4.69, 9.17) is 20.6 Å². The molecule has 6 heteroatoms. The Morgan fingerprint density at radius 2 is 1.61 bits per heavy atom. The lowest BCUT2D eigenvalue weighted by Gasteiger charge is -2.29. The zero-order chi connectivity index (χ0) is 23.2. The SMILES string of the molecule is NC(=O)C(N=C(c1ccccc1)c1ccccc1)C1CCc2c(cccc2OCC(=O)O)C1. The average molecular weight is 443 g/mol. The standard InChI is InChI=1S/C27H26N2O4/c28-27(32)26(29-25(18-8-3-1-4-9-18)19-10-5-2-6-11-19)21-14-15-22-20(16-21)12-7-13-23(22)33-17-24(30)31/h1-13,21,26H,14-17H2,(H2,28,32)(H,30,31). The molecule has 0 aromatic heterocycles. The number of hydrogen-bond donors (Lipinski definition) is 2. The van der Waals surface area contributed by atoms with Crippen molar-refractivity contribution < 1.29 is 19.4 Å². The first kappa shape index (κ1) is 22.3. The van der Waals surface area contributed by atoms with Crippen LogP contribution in [0.25, 0.3) is 0 Å². The zero-order valence-corrected chi connectivity index (χ0v) is 18.2. The number of aliphatic imine (C=N–C) groups is 1. The first-order chi connectivity index (χ1) is 16.0. The van der Waals surface area contributed by atoms with Crippen molar-refractivity contribution in [3.05, 3.63) is 101 Å². The van der Waals surface area contributed by atoms with Gasteiger partial charge in [-0.25, -0.2) is 4.79 Å². The topological polar surface area (TPSA) is 102 Å². The van der Waals surface area contributed by atoms with Gasteiger partial charge in [0.2, 0.25) is 5.91 Å². The third kappa shape index (κ3) is 5.29. The number of nitrogens with two attached hydrogens (primary N) is 1. The number of carboxylic acids is 1. The number of primary amides is 1. The molecule has 1 amide bonds. The number of aliphatic carboxylic acids is 1. The Labute approximate surface area is 192 Å². The molecule has 33 heavy (non-hydrogen) atoms. The molecular weight excluding hydrogens is 416 g/mol. The summed E-state index contributed by atoms with van der Waals surface area (Å²) in [5, 5.41) is 8.94. The van der Waals surface area contributed by atoms with Crippen LogP contribution in [0.1, 0.15) is 28.7 Å². The second-order valence-electron chi connectivity index (χ2n) is 8.14. The van der Waals surface area contributed by atoms with Crippen LogP contribution in [-0.4, -0.2) is 35.3 Å². The first-order valence-corrected chi connectivity index (χ1v) is 11.0. The number of benzene rings is 3. The molecule has 3 aromatic rings. The van der Waals surface area contributed by atoms with E-state index in [2.05, 4.69) is 0 Å². The Morgan fingerprint density at radius 1 is 0.970 bits per heavy atom. The van der Waals surface area contributed by atoms with Gasteiger partial charge in [-0.15, -0.1) is 0 Å². The minimum absolute atomic E-state index is 0.0628. The summed E-state index contributed by atoms with van der Waals surface area (Å²) >= 11 is 0. The molecule has 0 fully saturated rings. The van der Waals surface area contributed by atoms with Gasteiger partial charge in [-0.3, -0.25) is 9.79 Å². The van der Waals surface area contributed by atoms with E-state index in [0.717, 1.165) is 28.0 Å². The van der Waals surface area contributed by atoms with Crippen molar-refractivity contribution in [3.63, 3.8) is 0 Å². The van der Waals surface area contributed by atoms with Crippen molar-refractivity contribution in [1.82, 2.24) is 0 Å². The quantitative estimate of drug-likeness (QED) is 0.520. The monoisotopic (exact) mass is 442 g/mol. The maximum absolute atomic E-state index is 12.6. The number of carbonyl (C=O) groups is 2. The van der Waals surface area contributed by atoms with E-state index in [1.54, 1.807) is 6.07 Å². The van der Waals surface area contributed by atoms with Crippen LogP contribution in [0, 0.1) is 5.92 Å². The number of nitrogens with zero attached hydrogens (tertiary/aromatic N) is 1. The van der Waals surface area contributed by atoms with Crippen LogP contribution in [-0.2, 0) is 22.4 Å². The fourth-order valence-corrected chi connectivity index (χ4v) is 4.39. The molecule has 168 valence electrons. The highest BCUT2D eigenvalue weighted by Gasteiger charge is 2.31. The van der Waals surface area contributed by atoms with Gasteiger partial charge in [0, 0.05) is 11.1 Å². The van der Waals surface area contributed by atoms with Crippen LogP contribution in [0.3, 0.4) is 0 Å². The molecule has 0 bridgehead atoms. The number of fused-ring (bicyclic) bond motifs is 1. The smallest absolute Gasteiger partial charge is 0.341 e. The van der Waals surface area contributed by atoms with Crippen molar-refractivity contribution in [1.29, 1.82) is 0 Å². The fraction of sp³-hybridized carbons (Fsp3) is 0.222. The lowest BCUT2D eigenvalue weighted by atomic mass is 9.79. The van der Waals surface area contributed by atoms with Gasteiger partial charge in [0.05, 0.1) is 5.71 Å². The molecule has 2 atom stereocenters. The van der Waals surface area contributed by atoms with Gasteiger partial charge in [0.1, 0.15) is 11.8 Å². The molecular formula is C27H26N2O4. The van der Waals surface area contributed by atoms with Gasteiger partial charge >= 0.3 is 5.97 Å². The van der Waals surface area contributed by atoms with Gasteiger partial charge in [0.15, 0.2) is 6.61 Å². The molecule has 3 N–H and O–H groups in total. The second kappa shape index (κ2) is 10.1. The van der Waals surface area contributed by atoms with Crippen molar-refractivity contribution in [3.8, 4) is 5.75 Å². The van der Waals surface area contributed by atoms with Crippen molar-refractivity contribution in [2.75, 3.05) is 6.61 Å². The summed E-state index contributed by atoms with van der Waals surface area (Å²) < 4.78 is 5.47. The fourth-order valence-electron chi connectivity index (χ4n) is 4.39. The van der Waals surface area contributed by atoms with Crippen LogP contribution in [0.4, 0.5) is 0 Å². The minimum atomic E-state index is -1.02. The molecule has 3 aromatic carbocycles. The molecule has 0 heterocycles. The summed E-state index contributed by atoms with van der Waals surface area (Å²) in [6, 6.07) is 24.5. The number of carboxylic acid groups (broad SMARTS) is 1. The number of carbonyl (C=O) groups excluding carboxylic acids is 1. The van der Waals surface area contributed by atoms with E-state index in [1.807, 2.05) is 72.8 Å². The molecule has 1 aliphatic carbocycles. The van der Waals surface area contributed by atoms with Crippen molar-refractivity contribution in [2.45, 2.75) is 25.3 Å². The van der Waals surface area contributed by atoms with E-state index in [0.29, 0.717) is 25.0 Å². The Hall–Kier alpha value is -3.93. The van der Waals surface area contributed by atoms with Crippen LogP contribution >= 0.6 is 0 Å². The third-order valence-electron chi connectivity index (χ3n) is 5.93. The zero-order valence-electron chi connectivity index (χ0n) is 18.2. The van der Waals surface area contributed by atoms with Crippen molar-refractivity contribution >= 4 is 17.6 Å². The molecule has 6 nitrogen and oxygen atoms in total. The Balaban J connectivity index is 1.67. The van der Waals surface area contributed by atoms with Gasteiger partial charge in [-0.05, 0) is 42.4 Å². The molecule has 1 aliphatic rings. The Kier molecular flexibility index (Phi) is 6.83. The summed E-state index contributed by atoms with van der Waals surface area (Å²) in [5.41, 5.74) is 10.5. The highest BCUT2D eigenvalue weighted by molar-refractivity contribution is 6.13. The lowest BCUT2D eigenvalue weighted by molar-refractivity contribution is -0.139. The predicted octanol–water partition coefficient (Wildman–Crippen LogP) is 3.65. The maximum atomic E-state index is 12.6. The van der Waals surface area contributed by atoms with Crippen LogP contribution in [0.5, 0.6) is 5.75 Å². The van der Waals surface area contributed by atoms with Gasteiger partial charge in [0.25, 0.3) is 0 Å². The maximum Gasteiger partial charge on any atom is 0.341 e. The third-order valence-corrected chi connectivity index (χ3v) is 5.93. The number of hydrogen-bond acceptors (Lipinski definition) is 4. The lowest BCUT2D eigenvalue weighted by Crippen LogP contribution is -2.38. The predicted molar refractivity (Wildman–Crippen MR) is 127 cm³/mol. The Bertz CT molecular complexity index is 1120. The summed E-state index contributed by atoms with van der Waals surface area (Å²) in [7, 11) is 0. The van der Waals surface area contributed by atoms with E-state index >= 15 is 0 Å². The molecule has 0 saturated heterocycles. The molecule has 0 radical (unpaired) electrons. The van der Waals surface area contributed by atoms with E-state index in [-0.39, 0.29) is 12.5 Å². The largest absolute Gasteiger partial charge is 0.482 e. The molecule has 0 saturated carbocycles. The van der Waals surface area contributed by atoms with E-state index in [9.17, 15) is 9.59 Å². The van der Waals surface area contributed by atoms with Gasteiger partial charge in [-0.2, -0.15) is 0 Å². The van der Waals surface area contributed by atoms with Crippen LogP contribution in [0.2, 0.25) is 0 Å².